The van der Waals surface area contributed by atoms with Crippen LogP contribution in [0.3, 0.4) is 0 Å². The smallest absolute Gasteiger partial charge is 0.320 e. The summed E-state index contributed by atoms with van der Waals surface area (Å²) in [4.78, 5) is 41.4. The van der Waals surface area contributed by atoms with Crippen molar-refractivity contribution in [2.75, 3.05) is 5.32 Å². The molecule has 4 aliphatic rings. The number of primary amides is 1. The summed E-state index contributed by atoms with van der Waals surface area (Å²) in [6, 6.07) is 4.21. The van der Waals surface area contributed by atoms with E-state index in [2.05, 4.69) is 15.4 Å². The fourth-order valence-electron chi connectivity index (χ4n) is 7.57. The van der Waals surface area contributed by atoms with Crippen molar-refractivity contribution in [2.45, 2.75) is 50.5 Å². The highest BCUT2D eigenvalue weighted by atomic mass is 32.1. The van der Waals surface area contributed by atoms with E-state index in [-0.39, 0.29) is 37.6 Å². The van der Waals surface area contributed by atoms with E-state index >= 15 is 0 Å². The average molecular weight is 583 g/mol. The maximum Gasteiger partial charge on any atom is 0.320 e. The lowest BCUT2D eigenvalue weighted by Gasteiger charge is -2.56. The highest BCUT2D eigenvalue weighted by molar-refractivity contribution is 7.21. The molecule has 4 bridgehead atoms. The number of hydrogen-bond donors (Lipinski definition) is 2. The second-order valence-corrected chi connectivity index (χ2v) is 12.4. The molecule has 0 spiro atoms. The molecule has 4 aliphatic carbocycles. The Hall–Kier alpha value is -4.20. The third-order valence-corrected chi connectivity index (χ3v) is 9.85. The molecule has 0 aliphatic heterocycles. The summed E-state index contributed by atoms with van der Waals surface area (Å²) in [5, 5.41) is 19.3. The van der Waals surface area contributed by atoms with Crippen LogP contribution in [0.15, 0.2) is 35.1 Å². The largest absolute Gasteiger partial charge is 0.464 e. The lowest BCUT2D eigenvalue weighted by molar-refractivity contribution is -0.385. The fourth-order valence-corrected chi connectivity index (χ4v) is 8.58. The van der Waals surface area contributed by atoms with Crippen molar-refractivity contribution in [3.63, 3.8) is 0 Å². The van der Waals surface area contributed by atoms with Gasteiger partial charge in [-0.15, -0.1) is 11.3 Å². The van der Waals surface area contributed by atoms with Crippen LogP contribution in [0, 0.1) is 27.9 Å². The van der Waals surface area contributed by atoms with Gasteiger partial charge < -0.3 is 15.5 Å². The summed E-state index contributed by atoms with van der Waals surface area (Å²) < 4.78 is 34.4. The monoisotopic (exact) mass is 582 g/mol. The fraction of sp³-hybridized carbons (Fsp3) is 0.407. The molecule has 2 amide bonds. The van der Waals surface area contributed by atoms with Crippen molar-refractivity contribution < 1.29 is 27.7 Å². The summed E-state index contributed by atoms with van der Waals surface area (Å²) in [5.41, 5.74) is 3.88. The van der Waals surface area contributed by atoms with Gasteiger partial charge in [-0.3, -0.25) is 24.4 Å². The number of rotatable bonds is 7. The number of fused-ring (bicyclic) bond motifs is 1. The molecule has 0 saturated heterocycles. The molecular formula is C27H24F2N6O5S. The van der Waals surface area contributed by atoms with Crippen LogP contribution in [0.1, 0.15) is 70.8 Å². The van der Waals surface area contributed by atoms with E-state index in [9.17, 15) is 28.5 Å². The number of nitrogens with two attached hydrogens (primary N) is 1. The van der Waals surface area contributed by atoms with Gasteiger partial charge in [0.1, 0.15) is 27.4 Å². The van der Waals surface area contributed by atoms with Crippen LogP contribution in [0.25, 0.3) is 21.5 Å². The first-order valence-electron chi connectivity index (χ1n) is 13.3. The Bertz CT molecular complexity index is 1690. The first kappa shape index (κ1) is 25.7. The molecule has 4 fully saturated rings. The van der Waals surface area contributed by atoms with Gasteiger partial charge in [-0.05, 0) is 74.5 Å². The van der Waals surface area contributed by atoms with Crippen molar-refractivity contribution in [1.82, 2.24) is 14.8 Å². The van der Waals surface area contributed by atoms with Gasteiger partial charge in [0.2, 0.25) is 5.69 Å². The number of furan rings is 1. The Morgan fingerprint density at radius 2 is 1.90 bits per heavy atom. The summed E-state index contributed by atoms with van der Waals surface area (Å²) in [6.07, 6.45) is 5.86. The Morgan fingerprint density at radius 1 is 1.22 bits per heavy atom. The van der Waals surface area contributed by atoms with Crippen molar-refractivity contribution in [3.8, 4) is 11.3 Å². The highest BCUT2D eigenvalue weighted by Crippen LogP contribution is 2.59. The first-order chi connectivity index (χ1) is 19.6. The molecule has 4 heterocycles. The van der Waals surface area contributed by atoms with Crippen molar-refractivity contribution in [1.29, 1.82) is 0 Å². The van der Waals surface area contributed by atoms with Crippen molar-refractivity contribution >= 4 is 44.7 Å². The number of pyridine rings is 1. The predicted molar refractivity (Wildman–Crippen MR) is 144 cm³/mol. The summed E-state index contributed by atoms with van der Waals surface area (Å²) >= 11 is 0.732. The third kappa shape index (κ3) is 4.11. The lowest BCUT2D eigenvalue weighted by atomic mass is 9.53. The zero-order valence-corrected chi connectivity index (χ0v) is 22.3. The number of carbonyl (C=O) groups excluding carboxylic acids is 2. The molecule has 0 unspecified atom stereocenters. The number of thiophene rings is 1. The first-order valence-corrected chi connectivity index (χ1v) is 14.1. The molecule has 3 N–H and O–H groups in total. The minimum atomic E-state index is -2.92. The second kappa shape index (κ2) is 9.16. The van der Waals surface area contributed by atoms with Gasteiger partial charge in [0.15, 0.2) is 0 Å². The van der Waals surface area contributed by atoms with Crippen LogP contribution in [-0.4, -0.2) is 31.5 Å². The quantitative estimate of drug-likeness (QED) is 0.203. The maximum absolute atomic E-state index is 13.7. The Morgan fingerprint density at radius 3 is 2.46 bits per heavy atom. The number of aromatic nitrogens is 3. The van der Waals surface area contributed by atoms with Crippen molar-refractivity contribution in [3.05, 3.63) is 57.0 Å². The van der Waals surface area contributed by atoms with Crippen LogP contribution < -0.4 is 11.1 Å². The molecule has 4 aromatic rings. The highest BCUT2D eigenvalue weighted by Gasteiger charge is 2.53. The molecule has 41 heavy (non-hydrogen) atoms. The third-order valence-electron chi connectivity index (χ3n) is 8.75. The molecule has 11 nitrogen and oxygen atoms in total. The molecule has 14 heteroatoms. The van der Waals surface area contributed by atoms with E-state index < -0.39 is 40.2 Å². The molecule has 0 aromatic carbocycles. The number of halogens is 2. The average Bonchev–Trinajstić information content (AvgIpc) is 3.66. The standard InChI is InChI=1S/C27H24F2N6O5S/c28-23(29)16-7-15(18-2-1-3-40-18)19-21(22(24(30)36)41-26(19)31-16)32-25(37)20-17(35(38)39)11-34(33-20)27-8-12-4-13(9-27)6-14(5-12)10-27/h1-3,7,11-14,23H,4-6,8-10H2,(H2,30,36)(H,32,37). The number of nitrogens with one attached hydrogen (secondary N) is 1. The van der Waals surface area contributed by atoms with E-state index in [4.69, 9.17) is 10.2 Å². The minimum absolute atomic E-state index is 0.0203. The van der Waals surface area contributed by atoms with Crippen molar-refractivity contribution in [2.24, 2.45) is 23.5 Å². The van der Waals surface area contributed by atoms with Gasteiger partial charge in [0, 0.05) is 10.9 Å². The number of anilines is 1. The van der Waals surface area contributed by atoms with Gasteiger partial charge in [-0.2, -0.15) is 5.10 Å². The number of hydrogen-bond acceptors (Lipinski definition) is 8. The van der Waals surface area contributed by atoms with Gasteiger partial charge >= 0.3 is 5.69 Å². The lowest BCUT2D eigenvalue weighted by Crippen LogP contribution is -2.52. The van der Waals surface area contributed by atoms with E-state index in [1.165, 1.54) is 18.5 Å². The number of nitro groups is 1. The summed E-state index contributed by atoms with van der Waals surface area (Å²) in [5.74, 6) is -0.0273. The van der Waals surface area contributed by atoms with Gasteiger partial charge in [-0.25, -0.2) is 13.8 Å². The second-order valence-electron chi connectivity index (χ2n) is 11.4. The topological polar surface area (TPSA) is 159 Å². The number of nitrogens with zero attached hydrogens (tertiary/aromatic N) is 4. The van der Waals surface area contributed by atoms with Crippen LogP contribution in [0.5, 0.6) is 0 Å². The Labute approximate surface area is 234 Å². The van der Waals surface area contributed by atoms with E-state index in [0.29, 0.717) is 17.8 Å². The van der Waals surface area contributed by atoms with Gasteiger partial charge in [-0.1, -0.05) is 0 Å². The predicted octanol–water partition coefficient (Wildman–Crippen LogP) is 5.88. The summed E-state index contributed by atoms with van der Waals surface area (Å²) in [7, 11) is 0. The van der Waals surface area contributed by atoms with Crippen LogP contribution >= 0.6 is 11.3 Å². The zero-order chi connectivity index (χ0) is 28.6. The van der Waals surface area contributed by atoms with Crippen LogP contribution in [0.2, 0.25) is 0 Å². The van der Waals surface area contributed by atoms with Crippen LogP contribution in [0.4, 0.5) is 20.2 Å². The Kier molecular flexibility index (Phi) is 5.75. The number of alkyl halides is 2. The minimum Gasteiger partial charge on any atom is -0.464 e. The molecular weight excluding hydrogens is 558 g/mol. The van der Waals surface area contributed by atoms with Crippen LogP contribution in [-0.2, 0) is 5.54 Å². The molecule has 0 atom stereocenters. The van der Waals surface area contributed by atoms with Gasteiger partial charge in [0.25, 0.3) is 18.2 Å². The molecule has 4 saturated carbocycles. The number of carbonyl (C=O) groups is 2. The number of amides is 2. The molecule has 4 aromatic heterocycles. The Balaban J connectivity index is 1.33. The molecule has 212 valence electrons. The van der Waals surface area contributed by atoms with E-state index in [1.807, 2.05) is 0 Å². The van der Waals surface area contributed by atoms with E-state index in [1.54, 1.807) is 10.7 Å². The normalized spacial score (nSPS) is 24.8. The molecule has 8 rings (SSSR count). The SMILES string of the molecule is NC(=O)c1sc2nc(C(F)F)cc(-c3ccco3)c2c1NC(=O)c1nn(C23CC4CC(CC(C4)C2)C3)cc1[N+](=O)[O-]. The van der Waals surface area contributed by atoms with E-state index in [0.717, 1.165) is 55.9 Å². The molecule has 0 radical (unpaired) electrons. The maximum atomic E-state index is 13.7. The van der Waals surface area contributed by atoms with Gasteiger partial charge in [0.05, 0.1) is 22.4 Å². The zero-order valence-electron chi connectivity index (χ0n) is 21.5. The summed E-state index contributed by atoms with van der Waals surface area (Å²) in [6.45, 7) is 0.